The molecule has 0 fully saturated rings. The molecule has 1 aliphatic carbocycles. The van der Waals surface area contributed by atoms with Gasteiger partial charge in [-0.15, -0.1) is 0 Å². The molecule has 1 aromatic heterocycles. The highest BCUT2D eigenvalue weighted by Gasteiger charge is 2.47. The maximum absolute atomic E-state index is 4.36. The van der Waals surface area contributed by atoms with Gasteiger partial charge in [0.2, 0.25) is 0 Å². The molecular formula is C35H35N. The fourth-order valence-corrected chi connectivity index (χ4v) is 5.74. The third-order valence-electron chi connectivity index (χ3n) is 7.41. The molecule has 0 N–H and O–H groups in total. The van der Waals surface area contributed by atoms with Gasteiger partial charge in [0.05, 0.1) is 5.41 Å². The Balaban J connectivity index is 2.21. The van der Waals surface area contributed by atoms with Crippen molar-refractivity contribution in [2.24, 2.45) is 7.05 Å². The first-order valence-corrected chi connectivity index (χ1v) is 12.4. The Hall–Kier alpha value is -4.10. The largest absolute Gasteiger partial charge is 0.347 e. The van der Waals surface area contributed by atoms with Gasteiger partial charge in [0, 0.05) is 29.2 Å². The van der Waals surface area contributed by atoms with Crippen molar-refractivity contribution < 1.29 is 0 Å². The number of aryl methyl sites for hydroxylation is 1. The Bertz CT molecular complexity index is 1510. The van der Waals surface area contributed by atoms with Gasteiger partial charge in [0.25, 0.3) is 0 Å². The average molecular weight is 470 g/mol. The Morgan fingerprint density at radius 1 is 0.944 bits per heavy atom. The van der Waals surface area contributed by atoms with Crippen molar-refractivity contribution >= 4 is 22.6 Å². The lowest BCUT2D eigenvalue weighted by Crippen LogP contribution is -2.30. The number of rotatable bonds is 8. The Kier molecular flexibility index (Phi) is 7.12. The van der Waals surface area contributed by atoms with Crippen LogP contribution in [0.25, 0.3) is 22.6 Å². The summed E-state index contributed by atoms with van der Waals surface area (Å²) in [5, 5.41) is 1.24. The van der Waals surface area contributed by atoms with Crippen LogP contribution in [0.3, 0.4) is 0 Å². The lowest BCUT2D eigenvalue weighted by atomic mass is 9.65. The van der Waals surface area contributed by atoms with Crippen molar-refractivity contribution in [1.29, 1.82) is 0 Å². The molecule has 2 aromatic carbocycles. The SMILES string of the molecule is C=C/C=C\C(=C/C)C1(/C(C=C)=C/c2c(C)n(C)c3ccccc23)C(/C=C\C)=C(C=C)c2ccccc21. The minimum absolute atomic E-state index is 0.550. The van der Waals surface area contributed by atoms with Crippen LogP contribution in [-0.4, -0.2) is 4.57 Å². The van der Waals surface area contributed by atoms with Gasteiger partial charge >= 0.3 is 0 Å². The van der Waals surface area contributed by atoms with Crippen LogP contribution < -0.4 is 0 Å². The number of hydrogen-bond acceptors (Lipinski definition) is 0. The van der Waals surface area contributed by atoms with Crippen LogP contribution in [0.4, 0.5) is 0 Å². The third kappa shape index (κ3) is 3.63. The fraction of sp³-hybridized carbons (Fsp3) is 0.143. The summed E-state index contributed by atoms with van der Waals surface area (Å²) >= 11 is 0. The minimum atomic E-state index is -0.550. The van der Waals surface area contributed by atoms with E-state index in [0.29, 0.717) is 0 Å². The van der Waals surface area contributed by atoms with Crippen LogP contribution in [0.2, 0.25) is 0 Å². The van der Waals surface area contributed by atoms with Crippen LogP contribution in [0.5, 0.6) is 0 Å². The van der Waals surface area contributed by atoms with E-state index in [1.807, 2.05) is 24.3 Å². The highest BCUT2D eigenvalue weighted by Crippen LogP contribution is 2.56. The lowest BCUT2D eigenvalue weighted by molar-refractivity contribution is 0.762. The quantitative estimate of drug-likeness (QED) is 0.290. The number of nitrogens with zero attached hydrogens (tertiary/aromatic N) is 1. The molecule has 36 heavy (non-hydrogen) atoms. The summed E-state index contributed by atoms with van der Waals surface area (Å²) < 4.78 is 2.27. The summed E-state index contributed by atoms with van der Waals surface area (Å²) in [4.78, 5) is 0. The Labute approximate surface area is 216 Å². The molecule has 4 rings (SSSR count). The van der Waals surface area contributed by atoms with Gasteiger partial charge in [-0.3, -0.25) is 0 Å². The van der Waals surface area contributed by atoms with E-state index < -0.39 is 5.41 Å². The predicted molar refractivity (Wildman–Crippen MR) is 159 cm³/mol. The lowest BCUT2D eigenvalue weighted by Gasteiger charge is -2.36. The van der Waals surface area contributed by atoms with Crippen molar-refractivity contribution in [3.63, 3.8) is 0 Å². The van der Waals surface area contributed by atoms with Crippen molar-refractivity contribution in [3.05, 3.63) is 156 Å². The van der Waals surface area contributed by atoms with Crippen LogP contribution in [0.1, 0.15) is 36.2 Å². The maximum Gasteiger partial charge on any atom is 0.0710 e. The number of para-hydroxylation sites is 1. The molecule has 1 heterocycles. The van der Waals surface area contributed by atoms with E-state index in [4.69, 9.17) is 0 Å². The van der Waals surface area contributed by atoms with Crippen molar-refractivity contribution in [3.8, 4) is 0 Å². The molecule has 0 radical (unpaired) electrons. The van der Waals surface area contributed by atoms with E-state index in [0.717, 1.165) is 11.1 Å². The molecule has 0 saturated heterocycles. The molecule has 1 heteroatoms. The van der Waals surface area contributed by atoms with Crippen molar-refractivity contribution in [2.45, 2.75) is 26.2 Å². The first kappa shape index (κ1) is 25.0. The molecule has 180 valence electrons. The van der Waals surface area contributed by atoms with Gasteiger partial charge in [-0.25, -0.2) is 0 Å². The van der Waals surface area contributed by atoms with Crippen molar-refractivity contribution in [1.82, 2.24) is 4.57 Å². The summed E-state index contributed by atoms with van der Waals surface area (Å²) in [5.41, 5.74) is 10.2. The zero-order valence-corrected chi connectivity index (χ0v) is 21.9. The molecule has 1 unspecified atom stereocenters. The number of allylic oxidation sites excluding steroid dienone is 12. The third-order valence-corrected chi connectivity index (χ3v) is 7.41. The molecule has 0 aliphatic heterocycles. The monoisotopic (exact) mass is 469 g/mol. The molecule has 3 aromatic rings. The van der Waals surface area contributed by atoms with Gasteiger partial charge in [-0.1, -0.05) is 111 Å². The van der Waals surface area contributed by atoms with Crippen LogP contribution in [-0.2, 0) is 12.5 Å². The zero-order valence-electron chi connectivity index (χ0n) is 21.9. The fourth-order valence-electron chi connectivity index (χ4n) is 5.74. The highest BCUT2D eigenvalue weighted by atomic mass is 14.9. The van der Waals surface area contributed by atoms with E-state index in [-0.39, 0.29) is 0 Å². The Morgan fingerprint density at radius 2 is 1.67 bits per heavy atom. The smallest absolute Gasteiger partial charge is 0.0710 e. The summed E-state index contributed by atoms with van der Waals surface area (Å²) in [5.74, 6) is 0. The summed E-state index contributed by atoms with van der Waals surface area (Å²) in [6.07, 6.45) is 18.9. The second-order valence-corrected chi connectivity index (χ2v) is 9.04. The molecule has 0 saturated carbocycles. The average Bonchev–Trinajstić information content (AvgIpc) is 3.32. The standard InChI is InChI=1S/C35H35N/c1-8-13-19-26(10-3)35(32(18-9-2)28(12-5)29-20-14-16-22-33(29)35)27(11-4)24-31-25(6)36(7)34-23-17-15-21-30(31)34/h8-24H,1,4-5H2,2-3,6-7H3/b18-9-,19-13-,26-10+,27-24+. The highest BCUT2D eigenvalue weighted by molar-refractivity contribution is 5.96. The second-order valence-electron chi connectivity index (χ2n) is 9.04. The molecule has 0 bridgehead atoms. The van der Waals surface area contributed by atoms with Crippen LogP contribution in [0, 0.1) is 6.92 Å². The number of benzene rings is 2. The van der Waals surface area contributed by atoms with E-state index in [2.05, 4.69) is 131 Å². The van der Waals surface area contributed by atoms with E-state index in [1.54, 1.807) is 0 Å². The normalized spacial score (nSPS) is 18.4. The number of aromatic nitrogens is 1. The minimum Gasteiger partial charge on any atom is -0.347 e. The molecular weight excluding hydrogens is 434 g/mol. The maximum atomic E-state index is 4.36. The molecule has 1 nitrogen and oxygen atoms in total. The summed E-state index contributed by atoms with van der Waals surface area (Å²) in [6.45, 7) is 18.9. The second kappa shape index (κ2) is 10.3. The summed E-state index contributed by atoms with van der Waals surface area (Å²) in [6, 6.07) is 17.3. The van der Waals surface area contributed by atoms with Gasteiger partial charge in [0.1, 0.15) is 0 Å². The first-order chi connectivity index (χ1) is 17.5. The number of hydrogen-bond donors (Lipinski definition) is 0. The van der Waals surface area contributed by atoms with E-state index in [9.17, 15) is 0 Å². The van der Waals surface area contributed by atoms with Crippen LogP contribution in [0.15, 0.2) is 134 Å². The van der Waals surface area contributed by atoms with Gasteiger partial charge < -0.3 is 4.57 Å². The topological polar surface area (TPSA) is 4.93 Å². The Morgan fingerprint density at radius 3 is 2.33 bits per heavy atom. The molecule has 1 atom stereocenters. The first-order valence-electron chi connectivity index (χ1n) is 12.4. The zero-order chi connectivity index (χ0) is 25.9. The van der Waals surface area contributed by atoms with E-state index in [1.165, 1.54) is 44.4 Å². The molecule has 0 spiro atoms. The van der Waals surface area contributed by atoms with Gasteiger partial charge in [0.15, 0.2) is 0 Å². The predicted octanol–water partition coefficient (Wildman–Crippen LogP) is 9.21. The van der Waals surface area contributed by atoms with Gasteiger partial charge in [-0.05, 0) is 66.3 Å². The van der Waals surface area contributed by atoms with Crippen molar-refractivity contribution in [2.75, 3.05) is 0 Å². The van der Waals surface area contributed by atoms with Gasteiger partial charge in [-0.2, -0.15) is 0 Å². The van der Waals surface area contributed by atoms with Crippen LogP contribution >= 0.6 is 0 Å². The number of fused-ring (bicyclic) bond motifs is 2. The molecule has 1 aliphatic rings. The molecule has 0 amide bonds. The summed E-state index contributed by atoms with van der Waals surface area (Å²) in [7, 11) is 2.13. The van der Waals surface area contributed by atoms with E-state index >= 15 is 0 Å².